The van der Waals surface area contributed by atoms with Crippen LogP contribution < -0.4 is 5.32 Å². The first-order valence-electron chi connectivity index (χ1n) is 6.59. The number of rotatable bonds is 6. The second-order valence-electron chi connectivity index (χ2n) is 4.90. The molecule has 0 saturated heterocycles. The van der Waals surface area contributed by atoms with Crippen LogP contribution in [0.15, 0.2) is 49.6 Å². The van der Waals surface area contributed by atoms with Crippen LogP contribution in [-0.4, -0.2) is 31.1 Å². The van der Waals surface area contributed by atoms with E-state index in [9.17, 15) is 0 Å². The van der Waals surface area contributed by atoms with E-state index >= 15 is 0 Å². The lowest BCUT2D eigenvalue weighted by atomic mass is 9.93. The molecule has 0 fully saturated rings. The van der Waals surface area contributed by atoms with Gasteiger partial charge in [-0.25, -0.2) is 0 Å². The van der Waals surface area contributed by atoms with Gasteiger partial charge >= 0.3 is 0 Å². The summed E-state index contributed by atoms with van der Waals surface area (Å²) in [6.07, 6.45) is 5.09. The molecule has 1 aliphatic rings. The van der Waals surface area contributed by atoms with E-state index < -0.39 is 0 Å². The number of para-hydroxylation sites is 1. The van der Waals surface area contributed by atoms with Crippen molar-refractivity contribution in [3.8, 4) is 0 Å². The highest BCUT2D eigenvalue weighted by Crippen LogP contribution is 2.24. The second-order valence-corrected chi connectivity index (χ2v) is 4.90. The van der Waals surface area contributed by atoms with Crippen molar-refractivity contribution in [1.29, 1.82) is 0 Å². The van der Waals surface area contributed by atoms with Gasteiger partial charge in [0.15, 0.2) is 0 Å². The Morgan fingerprint density at radius 2 is 1.94 bits per heavy atom. The van der Waals surface area contributed by atoms with Gasteiger partial charge in [0.2, 0.25) is 0 Å². The molecule has 0 bridgehead atoms. The Balaban J connectivity index is 1.95. The van der Waals surface area contributed by atoms with Crippen molar-refractivity contribution in [3.05, 3.63) is 55.1 Å². The molecule has 2 heteroatoms. The lowest BCUT2D eigenvalue weighted by Crippen LogP contribution is -2.36. The third-order valence-corrected chi connectivity index (χ3v) is 3.40. The smallest absolute Gasteiger partial charge is 0.0372 e. The van der Waals surface area contributed by atoms with Gasteiger partial charge in [0.05, 0.1) is 0 Å². The normalized spacial score (nSPS) is 17.9. The number of benzene rings is 1. The van der Waals surface area contributed by atoms with Gasteiger partial charge in [-0.2, -0.15) is 0 Å². The van der Waals surface area contributed by atoms with Crippen LogP contribution in [-0.2, 0) is 6.42 Å². The summed E-state index contributed by atoms with van der Waals surface area (Å²) in [7, 11) is 0. The summed E-state index contributed by atoms with van der Waals surface area (Å²) >= 11 is 0. The molecule has 0 spiro atoms. The molecule has 0 saturated carbocycles. The lowest BCUT2D eigenvalue weighted by Gasteiger charge is -2.30. The third-order valence-electron chi connectivity index (χ3n) is 3.40. The van der Waals surface area contributed by atoms with Crippen LogP contribution in [0.4, 0.5) is 5.69 Å². The minimum absolute atomic E-state index is 0.666. The van der Waals surface area contributed by atoms with Gasteiger partial charge in [-0.05, 0) is 24.0 Å². The molecule has 1 atom stereocenters. The Kier molecular flexibility index (Phi) is 4.59. The van der Waals surface area contributed by atoms with Gasteiger partial charge in [0, 0.05) is 31.9 Å². The number of nitrogens with zero attached hydrogens (tertiary/aromatic N) is 1. The lowest BCUT2D eigenvalue weighted by molar-refractivity contribution is 0.278. The van der Waals surface area contributed by atoms with Gasteiger partial charge in [-0.1, -0.05) is 30.4 Å². The summed E-state index contributed by atoms with van der Waals surface area (Å²) in [5, 5.41) is 3.52. The van der Waals surface area contributed by atoms with Crippen molar-refractivity contribution in [1.82, 2.24) is 4.90 Å². The first kappa shape index (κ1) is 12.9. The fourth-order valence-electron chi connectivity index (χ4n) is 2.59. The van der Waals surface area contributed by atoms with E-state index in [0.717, 1.165) is 32.6 Å². The molecular formula is C16H22N2. The minimum atomic E-state index is 0.666. The fourth-order valence-corrected chi connectivity index (χ4v) is 2.59. The van der Waals surface area contributed by atoms with E-state index in [1.807, 2.05) is 12.2 Å². The van der Waals surface area contributed by atoms with E-state index in [-0.39, 0.29) is 0 Å². The Morgan fingerprint density at radius 3 is 2.67 bits per heavy atom. The maximum Gasteiger partial charge on any atom is 0.0372 e. The van der Waals surface area contributed by atoms with Gasteiger partial charge in [0.1, 0.15) is 0 Å². The van der Waals surface area contributed by atoms with Crippen LogP contribution in [0.3, 0.4) is 0 Å². The van der Waals surface area contributed by atoms with Gasteiger partial charge < -0.3 is 5.32 Å². The molecule has 1 N–H and O–H groups in total. The molecule has 96 valence electrons. The third kappa shape index (κ3) is 3.23. The Hall–Kier alpha value is -1.54. The molecule has 2 nitrogen and oxygen atoms in total. The van der Waals surface area contributed by atoms with E-state index in [1.54, 1.807) is 0 Å². The SMILES string of the molecule is C=CCN(CC=C)CC1CNc2ccccc2C1. The molecule has 18 heavy (non-hydrogen) atoms. The van der Waals surface area contributed by atoms with Gasteiger partial charge in [-0.15, -0.1) is 13.2 Å². The number of anilines is 1. The average Bonchev–Trinajstić information content (AvgIpc) is 2.39. The molecule has 1 aromatic carbocycles. The van der Waals surface area contributed by atoms with Crippen molar-refractivity contribution in [2.75, 3.05) is 31.5 Å². The fraction of sp³-hybridized carbons (Fsp3) is 0.375. The largest absolute Gasteiger partial charge is 0.384 e. The summed E-state index contributed by atoms with van der Waals surface area (Å²) in [6.45, 7) is 11.7. The van der Waals surface area contributed by atoms with E-state index in [2.05, 4.69) is 47.6 Å². The van der Waals surface area contributed by atoms with Crippen LogP contribution in [0, 0.1) is 5.92 Å². The van der Waals surface area contributed by atoms with Crippen LogP contribution in [0.5, 0.6) is 0 Å². The number of hydrogen-bond acceptors (Lipinski definition) is 2. The molecule has 2 rings (SSSR count). The molecule has 1 aromatic rings. The van der Waals surface area contributed by atoms with Crippen LogP contribution in [0.25, 0.3) is 0 Å². The quantitative estimate of drug-likeness (QED) is 0.772. The number of nitrogens with one attached hydrogen (secondary N) is 1. The van der Waals surface area contributed by atoms with Gasteiger partial charge in [0.25, 0.3) is 0 Å². The summed E-state index contributed by atoms with van der Waals surface area (Å²) < 4.78 is 0. The van der Waals surface area contributed by atoms with Crippen LogP contribution in [0.1, 0.15) is 5.56 Å². The summed E-state index contributed by atoms with van der Waals surface area (Å²) in [5.41, 5.74) is 2.73. The summed E-state index contributed by atoms with van der Waals surface area (Å²) in [4.78, 5) is 2.39. The Morgan fingerprint density at radius 1 is 1.22 bits per heavy atom. The predicted octanol–water partition coefficient (Wildman–Crippen LogP) is 2.94. The summed E-state index contributed by atoms with van der Waals surface area (Å²) in [5.74, 6) is 0.666. The predicted molar refractivity (Wildman–Crippen MR) is 79.0 cm³/mol. The molecule has 0 aromatic heterocycles. The Labute approximate surface area is 110 Å². The maximum atomic E-state index is 3.82. The minimum Gasteiger partial charge on any atom is -0.384 e. The number of hydrogen-bond donors (Lipinski definition) is 1. The van der Waals surface area contributed by atoms with Crippen molar-refractivity contribution in [2.24, 2.45) is 5.92 Å². The first-order valence-corrected chi connectivity index (χ1v) is 6.59. The molecule has 1 unspecified atom stereocenters. The van der Waals surface area contributed by atoms with Crippen LogP contribution in [0.2, 0.25) is 0 Å². The standard InChI is InChI=1S/C16H22N2/c1-3-9-18(10-4-2)13-14-11-15-7-5-6-8-16(15)17-12-14/h3-8,14,17H,1-2,9-13H2. The molecular weight excluding hydrogens is 220 g/mol. The highest BCUT2D eigenvalue weighted by atomic mass is 15.1. The van der Waals surface area contributed by atoms with E-state index in [0.29, 0.717) is 5.92 Å². The molecule has 1 aliphatic heterocycles. The van der Waals surface area contributed by atoms with Crippen molar-refractivity contribution >= 4 is 5.69 Å². The van der Waals surface area contributed by atoms with Crippen molar-refractivity contribution in [2.45, 2.75) is 6.42 Å². The van der Waals surface area contributed by atoms with Crippen molar-refractivity contribution in [3.63, 3.8) is 0 Å². The molecule has 0 radical (unpaired) electrons. The topological polar surface area (TPSA) is 15.3 Å². The summed E-state index contributed by atoms with van der Waals surface area (Å²) in [6, 6.07) is 8.60. The molecule has 0 aliphatic carbocycles. The van der Waals surface area contributed by atoms with Gasteiger partial charge in [-0.3, -0.25) is 4.90 Å². The molecule has 1 heterocycles. The zero-order chi connectivity index (χ0) is 12.8. The highest BCUT2D eigenvalue weighted by molar-refractivity contribution is 5.53. The van der Waals surface area contributed by atoms with Crippen molar-refractivity contribution < 1.29 is 0 Å². The molecule has 0 amide bonds. The van der Waals surface area contributed by atoms with E-state index in [4.69, 9.17) is 0 Å². The average molecular weight is 242 g/mol. The Bertz CT molecular complexity index is 401. The monoisotopic (exact) mass is 242 g/mol. The zero-order valence-electron chi connectivity index (χ0n) is 10.9. The highest BCUT2D eigenvalue weighted by Gasteiger charge is 2.19. The van der Waals surface area contributed by atoms with Crippen LogP contribution >= 0.6 is 0 Å². The second kappa shape index (κ2) is 6.41. The first-order chi connectivity index (χ1) is 8.83. The maximum absolute atomic E-state index is 3.82. The zero-order valence-corrected chi connectivity index (χ0v) is 10.9. The number of fused-ring (bicyclic) bond motifs is 1. The van der Waals surface area contributed by atoms with E-state index in [1.165, 1.54) is 11.3 Å².